The van der Waals surface area contributed by atoms with Gasteiger partial charge in [-0.1, -0.05) is 118 Å². The Morgan fingerprint density at radius 2 is 1.62 bits per heavy atom. The molecular formula is C44H54ClNO4SSi. The molecule has 3 atom stereocenters. The van der Waals surface area contributed by atoms with Gasteiger partial charge in [0, 0.05) is 41.2 Å². The smallest absolute Gasteiger partial charge is 0.216 e. The number of aryl methyl sites for hydroxylation is 1. The zero-order valence-electron chi connectivity index (χ0n) is 31.8. The predicted octanol–water partition coefficient (Wildman–Crippen LogP) is 12.3. The molecule has 2 aliphatic rings. The Morgan fingerprint density at radius 1 is 0.962 bits per heavy atom. The first-order valence-electron chi connectivity index (χ1n) is 18.7. The first-order valence-corrected chi connectivity index (χ1v) is 23.0. The number of nitrogens with zero attached hydrogens (tertiary/aromatic N) is 1. The highest BCUT2D eigenvalue weighted by atomic mass is 35.5. The lowest BCUT2D eigenvalue weighted by atomic mass is 9.95. The maximum atomic E-state index is 7.02. The summed E-state index contributed by atoms with van der Waals surface area (Å²) in [4.78, 5) is 6.10. The lowest BCUT2D eigenvalue weighted by molar-refractivity contribution is -0.171. The van der Waals surface area contributed by atoms with Crippen molar-refractivity contribution < 1.29 is 18.6 Å². The number of ether oxygens (including phenoxy) is 3. The summed E-state index contributed by atoms with van der Waals surface area (Å²) < 4.78 is 26.1. The van der Waals surface area contributed by atoms with E-state index in [1.807, 2.05) is 12.1 Å². The van der Waals surface area contributed by atoms with E-state index in [0.29, 0.717) is 5.88 Å². The van der Waals surface area contributed by atoms with E-state index < -0.39 is 14.1 Å². The number of pyridine rings is 1. The van der Waals surface area contributed by atoms with Crippen LogP contribution in [0.15, 0.2) is 102 Å². The average molecular weight is 757 g/mol. The number of rotatable bonds is 13. The van der Waals surface area contributed by atoms with Crippen molar-refractivity contribution >= 4 is 37.3 Å². The molecule has 0 N–H and O–H groups in total. The molecule has 2 heterocycles. The fourth-order valence-corrected chi connectivity index (χ4v) is 9.23. The Kier molecular flexibility index (Phi) is 12.4. The van der Waals surface area contributed by atoms with Crippen LogP contribution in [0.3, 0.4) is 0 Å². The van der Waals surface area contributed by atoms with Crippen LogP contribution in [0.25, 0.3) is 5.57 Å². The second kappa shape index (κ2) is 16.6. The van der Waals surface area contributed by atoms with Crippen LogP contribution in [-0.4, -0.2) is 38.6 Å². The first kappa shape index (κ1) is 38.8. The monoisotopic (exact) mass is 755 g/mol. The Hall–Kier alpha value is -2.91. The van der Waals surface area contributed by atoms with E-state index in [1.165, 1.54) is 0 Å². The van der Waals surface area contributed by atoms with Crippen molar-refractivity contribution in [3.05, 3.63) is 130 Å². The molecule has 1 aliphatic carbocycles. The number of halogens is 1. The van der Waals surface area contributed by atoms with Gasteiger partial charge in [-0.2, -0.15) is 0 Å². The van der Waals surface area contributed by atoms with E-state index in [-0.39, 0.29) is 23.2 Å². The lowest BCUT2D eigenvalue weighted by Crippen LogP contribution is -2.41. The van der Waals surface area contributed by atoms with E-state index in [2.05, 4.69) is 126 Å². The van der Waals surface area contributed by atoms with Crippen LogP contribution in [0.4, 0.5) is 0 Å². The second-order valence-electron chi connectivity index (χ2n) is 15.6. The molecule has 1 spiro atoms. The van der Waals surface area contributed by atoms with E-state index in [0.717, 1.165) is 87.9 Å². The van der Waals surface area contributed by atoms with Gasteiger partial charge < -0.3 is 18.6 Å². The second-order valence-corrected chi connectivity index (χ2v) is 21.9. The number of aromatic nitrogens is 1. The van der Waals surface area contributed by atoms with E-state index >= 15 is 0 Å². The van der Waals surface area contributed by atoms with Gasteiger partial charge in [0.1, 0.15) is 12.2 Å². The number of methoxy groups -OCH3 is 1. The van der Waals surface area contributed by atoms with Crippen LogP contribution in [0.2, 0.25) is 23.2 Å². The van der Waals surface area contributed by atoms with Gasteiger partial charge in [-0.25, -0.2) is 4.98 Å². The molecule has 6 rings (SSSR count). The van der Waals surface area contributed by atoms with Crippen molar-refractivity contribution in [2.45, 2.75) is 101 Å². The molecule has 1 saturated carbocycles. The number of allylic oxidation sites excluding steroid dienone is 1. The molecule has 4 aromatic rings. The lowest BCUT2D eigenvalue weighted by Gasteiger charge is -2.36. The molecule has 0 unspecified atom stereocenters. The van der Waals surface area contributed by atoms with Crippen molar-refractivity contribution in [3.8, 4) is 5.88 Å². The molecule has 8 heteroatoms. The maximum Gasteiger partial charge on any atom is 0.216 e. The van der Waals surface area contributed by atoms with Gasteiger partial charge in [-0.3, -0.25) is 0 Å². The van der Waals surface area contributed by atoms with Crippen molar-refractivity contribution in [2.75, 3.05) is 19.5 Å². The van der Waals surface area contributed by atoms with Crippen LogP contribution in [0.1, 0.15) is 93.5 Å². The highest BCUT2D eigenvalue weighted by Gasteiger charge is 2.52. The normalized spacial score (nSPS) is 20.5. The molecule has 0 amide bonds. The van der Waals surface area contributed by atoms with Crippen molar-refractivity contribution in [3.63, 3.8) is 0 Å². The van der Waals surface area contributed by atoms with E-state index in [9.17, 15) is 0 Å². The number of hydrogen-bond acceptors (Lipinski definition) is 6. The Labute approximate surface area is 321 Å². The van der Waals surface area contributed by atoms with E-state index in [4.69, 9.17) is 35.2 Å². The van der Waals surface area contributed by atoms with Crippen LogP contribution in [0, 0.1) is 5.92 Å². The zero-order chi connectivity index (χ0) is 36.9. The molecule has 1 saturated heterocycles. The molecule has 52 heavy (non-hydrogen) atoms. The molecular weight excluding hydrogens is 702 g/mol. The van der Waals surface area contributed by atoms with Crippen LogP contribution in [-0.2, 0) is 20.3 Å². The average Bonchev–Trinajstić information content (AvgIpc) is 3.73. The summed E-state index contributed by atoms with van der Waals surface area (Å²) in [6.07, 6.45) is 6.34. The highest BCUT2D eigenvalue weighted by molar-refractivity contribution is 7.99. The van der Waals surface area contributed by atoms with Gasteiger partial charge >= 0.3 is 0 Å². The van der Waals surface area contributed by atoms with Crippen LogP contribution >= 0.6 is 23.4 Å². The Bertz CT molecular complexity index is 1780. The predicted molar refractivity (Wildman–Crippen MR) is 218 cm³/mol. The summed E-state index contributed by atoms with van der Waals surface area (Å²) in [6.45, 7) is 14.4. The highest BCUT2D eigenvalue weighted by Crippen LogP contribution is 2.55. The Morgan fingerprint density at radius 3 is 2.19 bits per heavy atom. The standard InChI is InChI=1S/C44H54ClNO4SSi/c1-8-32-20-22-38(46-42(32)47-5)36(35-21-23-39(37(45)29-35)51-27-15-26-48-52(6,7)43(2,3)4)28-31-24-25-44(30-31)49-40(33-16-11-9-12-17-33)41(50-44)34-18-13-10-14-19-34/h9-14,16-23,28-29,31,40-41H,8,15,24-27,30H2,1-7H3/b36-28-/t31-,40-,41-/m1/s1. The first-order chi connectivity index (χ1) is 24.9. The summed E-state index contributed by atoms with van der Waals surface area (Å²) in [7, 11) is -0.0561. The third kappa shape index (κ3) is 8.89. The summed E-state index contributed by atoms with van der Waals surface area (Å²) in [5, 5.41) is 0.962. The van der Waals surface area contributed by atoms with Crippen LogP contribution < -0.4 is 4.74 Å². The molecule has 1 aromatic heterocycles. The largest absolute Gasteiger partial charge is 0.481 e. The summed E-state index contributed by atoms with van der Waals surface area (Å²) in [5.74, 6) is 1.15. The van der Waals surface area contributed by atoms with Gasteiger partial charge in [0.05, 0.1) is 17.8 Å². The molecule has 0 radical (unpaired) electrons. The fraction of sp³-hybridized carbons (Fsp3) is 0.432. The van der Waals surface area contributed by atoms with Crippen LogP contribution in [0.5, 0.6) is 5.88 Å². The number of hydrogen-bond donors (Lipinski definition) is 0. The minimum Gasteiger partial charge on any atom is -0.481 e. The van der Waals surface area contributed by atoms with E-state index in [1.54, 1.807) is 18.9 Å². The van der Waals surface area contributed by atoms with Gasteiger partial charge in [0.15, 0.2) is 14.1 Å². The Balaban J connectivity index is 1.24. The maximum absolute atomic E-state index is 7.02. The molecule has 0 bridgehead atoms. The van der Waals surface area contributed by atoms with Crippen molar-refractivity contribution in [1.29, 1.82) is 0 Å². The number of thioether (sulfide) groups is 1. The van der Waals surface area contributed by atoms with Gasteiger partial charge in [-0.15, -0.1) is 11.8 Å². The number of benzene rings is 3. The molecule has 3 aromatic carbocycles. The summed E-state index contributed by atoms with van der Waals surface area (Å²) >= 11 is 8.81. The van der Waals surface area contributed by atoms with Crippen molar-refractivity contribution in [2.24, 2.45) is 5.92 Å². The third-order valence-electron chi connectivity index (χ3n) is 10.9. The molecule has 1 aliphatic heterocycles. The fourth-order valence-electron chi connectivity index (χ4n) is 6.95. The quantitative estimate of drug-likeness (QED) is 0.0769. The molecule has 5 nitrogen and oxygen atoms in total. The van der Waals surface area contributed by atoms with Gasteiger partial charge in [0.2, 0.25) is 5.88 Å². The van der Waals surface area contributed by atoms with Gasteiger partial charge in [-0.05, 0) is 78.2 Å². The minimum absolute atomic E-state index is 0.180. The minimum atomic E-state index is -1.75. The SMILES string of the molecule is CCc1ccc(/C(=C\[C@H]2CCC3(C2)O[C@H](c2ccccc2)[C@@H](c2ccccc2)O3)c2ccc(SCCCO[Si](C)(C)C(C)(C)C)c(Cl)c2)nc1OC. The zero-order valence-corrected chi connectivity index (χ0v) is 34.4. The molecule has 2 fully saturated rings. The summed E-state index contributed by atoms with van der Waals surface area (Å²) in [6, 6.07) is 31.6. The third-order valence-corrected chi connectivity index (χ3v) is 17.1. The van der Waals surface area contributed by atoms with Gasteiger partial charge in [0.25, 0.3) is 0 Å². The molecule has 276 valence electrons. The summed E-state index contributed by atoms with van der Waals surface area (Å²) in [5.41, 5.74) is 6.30. The van der Waals surface area contributed by atoms with Crippen molar-refractivity contribution in [1.82, 2.24) is 4.98 Å². The topological polar surface area (TPSA) is 49.8 Å².